The summed E-state index contributed by atoms with van der Waals surface area (Å²) in [6.07, 6.45) is 0. The summed E-state index contributed by atoms with van der Waals surface area (Å²) in [4.78, 5) is 2.38. The van der Waals surface area contributed by atoms with Crippen molar-refractivity contribution >= 4 is 71.3 Å². The Bertz CT molecular complexity index is 3710. The highest BCUT2D eigenvalue weighted by Gasteiger charge is 2.23. The van der Waals surface area contributed by atoms with E-state index >= 15 is 0 Å². The third kappa shape index (κ3) is 5.37. The van der Waals surface area contributed by atoms with E-state index < -0.39 is 0 Å². The molecule has 0 aliphatic heterocycles. The zero-order chi connectivity index (χ0) is 40.7. The normalized spacial score (nSPS) is 11.9. The minimum absolute atomic E-state index is 0.906. The van der Waals surface area contributed by atoms with Gasteiger partial charge >= 0.3 is 0 Å². The van der Waals surface area contributed by atoms with Crippen LogP contribution in [-0.2, 0) is 0 Å². The summed E-state index contributed by atoms with van der Waals surface area (Å²) in [5.74, 6) is 0. The van der Waals surface area contributed by atoms with Gasteiger partial charge in [-0.2, -0.15) is 0 Å². The van der Waals surface area contributed by atoms with Crippen molar-refractivity contribution in [1.82, 2.24) is 0 Å². The minimum Gasteiger partial charge on any atom is -0.455 e. The molecule has 0 bridgehead atoms. The van der Waals surface area contributed by atoms with Gasteiger partial charge in [-0.25, -0.2) is 0 Å². The van der Waals surface area contributed by atoms with Gasteiger partial charge in [0.25, 0.3) is 0 Å². The average molecular weight is 788 g/mol. The van der Waals surface area contributed by atoms with Crippen LogP contribution in [0.25, 0.3) is 110 Å². The maximum absolute atomic E-state index is 6.46. The number of fused-ring (bicyclic) bond motifs is 9. The lowest BCUT2D eigenvalue weighted by atomic mass is 9.94. The van der Waals surface area contributed by atoms with Gasteiger partial charge < -0.3 is 9.32 Å². The van der Waals surface area contributed by atoms with Gasteiger partial charge in [0, 0.05) is 33.4 Å². The Morgan fingerprint density at radius 2 is 0.855 bits per heavy atom. The van der Waals surface area contributed by atoms with Crippen molar-refractivity contribution in [1.29, 1.82) is 0 Å². The van der Waals surface area contributed by atoms with Crippen LogP contribution in [0.1, 0.15) is 0 Å². The summed E-state index contributed by atoms with van der Waals surface area (Å²) in [7, 11) is 0. The molecule has 12 aromatic rings. The van der Waals surface area contributed by atoms with Crippen molar-refractivity contribution in [3.05, 3.63) is 224 Å². The second kappa shape index (κ2) is 13.7. The Balaban J connectivity index is 0.924. The molecule has 13 rings (SSSR count). The Kier molecular flexibility index (Phi) is 7.64. The van der Waals surface area contributed by atoms with Crippen molar-refractivity contribution < 1.29 is 4.42 Å². The van der Waals surface area contributed by atoms with Gasteiger partial charge in [0.05, 0.1) is 0 Å². The zero-order valence-electron chi connectivity index (χ0n) is 33.7. The fraction of sp³-hybridized carbons (Fsp3) is 0. The summed E-state index contributed by atoms with van der Waals surface area (Å²) >= 11 is 0. The molecular formula is C60H37NO. The number of furan rings is 1. The monoisotopic (exact) mass is 787 g/mol. The van der Waals surface area contributed by atoms with Crippen molar-refractivity contribution in [2.75, 3.05) is 4.90 Å². The molecule has 0 radical (unpaired) electrons. The fourth-order valence-electron chi connectivity index (χ4n) is 10.1. The summed E-state index contributed by atoms with van der Waals surface area (Å²) in [6, 6.07) is 81.8. The number of nitrogens with zero attached hydrogens (tertiary/aromatic N) is 1. The lowest BCUT2D eigenvalue weighted by molar-refractivity contribution is 0.670. The number of hydrogen-bond donors (Lipinski definition) is 0. The van der Waals surface area contributed by atoms with Gasteiger partial charge in [0.2, 0.25) is 0 Å². The lowest BCUT2D eigenvalue weighted by Crippen LogP contribution is -2.10. The highest BCUT2D eigenvalue weighted by Crippen LogP contribution is 2.50. The van der Waals surface area contributed by atoms with Crippen LogP contribution < -0.4 is 4.90 Å². The maximum atomic E-state index is 6.46. The van der Waals surface area contributed by atoms with E-state index in [0.29, 0.717) is 0 Å². The van der Waals surface area contributed by atoms with E-state index in [-0.39, 0.29) is 0 Å². The maximum Gasteiger partial charge on any atom is 0.143 e. The molecule has 2 heteroatoms. The molecule has 2 nitrogen and oxygen atoms in total. The van der Waals surface area contributed by atoms with Crippen LogP contribution in [0.5, 0.6) is 0 Å². The predicted molar refractivity (Wildman–Crippen MR) is 262 cm³/mol. The standard InChI is InChI=1S/C60H37NO/c1-2-13-47-39(10-1)22-23-43-36-41(28-33-48(43)47)38-24-29-44(30-25-38)61(45-31-26-40(27-32-45)50-17-8-20-57-53-16-5-6-21-58(53)62-60(50)57)46-12-7-11-42(37-46)49-34-35-56-52-15-4-3-14-51(52)55-19-9-18-54(49)59(55)56/h1-37H. The molecule has 62 heavy (non-hydrogen) atoms. The fourth-order valence-corrected chi connectivity index (χ4v) is 10.1. The van der Waals surface area contributed by atoms with Gasteiger partial charge in [0.15, 0.2) is 0 Å². The Hall–Kier alpha value is -8.20. The first-order valence-corrected chi connectivity index (χ1v) is 21.3. The van der Waals surface area contributed by atoms with Gasteiger partial charge in [-0.3, -0.25) is 0 Å². The summed E-state index contributed by atoms with van der Waals surface area (Å²) in [6.45, 7) is 0. The molecule has 0 N–H and O–H groups in total. The van der Waals surface area contributed by atoms with Crippen LogP contribution in [0.3, 0.4) is 0 Å². The van der Waals surface area contributed by atoms with E-state index in [1.165, 1.54) is 76.8 Å². The van der Waals surface area contributed by atoms with Crippen molar-refractivity contribution in [3.63, 3.8) is 0 Å². The van der Waals surface area contributed by atoms with Crippen molar-refractivity contribution in [2.45, 2.75) is 0 Å². The van der Waals surface area contributed by atoms with Gasteiger partial charge in [0.1, 0.15) is 11.2 Å². The molecule has 0 unspecified atom stereocenters. The number of rotatable bonds is 6. The van der Waals surface area contributed by atoms with Crippen LogP contribution in [-0.4, -0.2) is 0 Å². The van der Waals surface area contributed by atoms with E-state index in [9.17, 15) is 0 Å². The molecule has 0 atom stereocenters. The molecule has 0 saturated carbocycles. The van der Waals surface area contributed by atoms with Gasteiger partial charge in [-0.05, 0) is 131 Å². The molecule has 0 spiro atoms. The Morgan fingerprint density at radius 3 is 1.68 bits per heavy atom. The average Bonchev–Trinajstić information content (AvgIpc) is 3.89. The number of para-hydroxylation sites is 2. The van der Waals surface area contributed by atoms with E-state index in [2.05, 4.69) is 217 Å². The number of hydrogen-bond acceptors (Lipinski definition) is 2. The largest absolute Gasteiger partial charge is 0.455 e. The smallest absolute Gasteiger partial charge is 0.143 e. The summed E-state index contributed by atoms with van der Waals surface area (Å²) in [5.41, 5.74) is 17.3. The Labute approximate surface area is 359 Å². The van der Waals surface area contributed by atoms with Crippen LogP contribution in [0.2, 0.25) is 0 Å². The number of anilines is 3. The molecule has 1 aromatic heterocycles. The zero-order valence-corrected chi connectivity index (χ0v) is 33.7. The van der Waals surface area contributed by atoms with Crippen molar-refractivity contribution in [3.8, 4) is 55.6 Å². The van der Waals surface area contributed by atoms with E-state index in [1.54, 1.807) is 0 Å². The SMILES string of the molecule is c1cc(-c2ccc3c4c(cccc24)-c2ccccc2-3)cc(N(c2ccc(-c3ccc4c(ccc5ccccc54)c3)cc2)c2ccc(-c3cccc4c3oc3ccccc34)cc2)c1. The Morgan fingerprint density at radius 1 is 0.274 bits per heavy atom. The summed E-state index contributed by atoms with van der Waals surface area (Å²) < 4.78 is 6.46. The summed E-state index contributed by atoms with van der Waals surface area (Å²) in [5, 5.41) is 9.95. The van der Waals surface area contributed by atoms with E-state index in [4.69, 9.17) is 4.42 Å². The topological polar surface area (TPSA) is 16.4 Å². The molecule has 0 amide bonds. The van der Waals surface area contributed by atoms with Crippen LogP contribution >= 0.6 is 0 Å². The highest BCUT2D eigenvalue weighted by molar-refractivity contribution is 6.19. The molecule has 1 heterocycles. The highest BCUT2D eigenvalue weighted by atomic mass is 16.3. The van der Waals surface area contributed by atoms with Gasteiger partial charge in [-0.15, -0.1) is 0 Å². The molecule has 0 saturated heterocycles. The first kappa shape index (κ1) is 34.6. The predicted octanol–water partition coefficient (Wildman–Crippen LogP) is 17.2. The third-order valence-electron chi connectivity index (χ3n) is 13.0. The quantitative estimate of drug-likeness (QED) is 0.156. The van der Waals surface area contributed by atoms with Crippen LogP contribution in [0.4, 0.5) is 17.1 Å². The second-order valence-corrected chi connectivity index (χ2v) is 16.4. The number of benzene rings is 11. The minimum atomic E-state index is 0.906. The first-order chi connectivity index (χ1) is 30.7. The molecule has 11 aromatic carbocycles. The van der Waals surface area contributed by atoms with E-state index in [0.717, 1.165) is 50.1 Å². The van der Waals surface area contributed by atoms with Crippen LogP contribution in [0.15, 0.2) is 229 Å². The molecule has 1 aliphatic rings. The molecule has 0 fully saturated rings. The van der Waals surface area contributed by atoms with Gasteiger partial charge in [-0.1, -0.05) is 176 Å². The van der Waals surface area contributed by atoms with E-state index in [1.807, 2.05) is 12.1 Å². The second-order valence-electron chi connectivity index (χ2n) is 16.4. The third-order valence-corrected chi connectivity index (χ3v) is 13.0. The van der Waals surface area contributed by atoms with Crippen molar-refractivity contribution in [2.24, 2.45) is 0 Å². The molecule has 1 aliphatic carbocycles. The molecular weight excluding hydrogens is 751 g/mol. The van der Waals surface area contributed by atoms with Crippen LogP contribution in [0, 0.1) is 0 Å². The first-order valence-electron chi connectivity index (χ1n) is 21.3. The molecule has 288 valence electrons. The lowest BCUT2D eigenvalue weighted by Gasteiger charge is -2.26.